The lowest BCUT2D eigenvalue weighted by Gasteiger charge is -2.38. The number of nitrogens with zero attached hydrogens (tertiary/aromatic N) is 5. The molecule has 7 N–H and O–H groups in total. The van der Waals surface area contributed by atoms with Crippen LogP contribution in [0.25, 0.3) is 39.5 Å². The van der Waals surface area contributed by atoms with E-state index >= 15 is 0 Å². The molecule has 1 saturated heterocycles. The number of carbonyl (C=O) groups excluding carboxylic acids is 5. The van der Waals surface area contributed by atoms with Crippen LogP contribution in [0.4, 0.5) is 11.5 Å². The summed E-state index contributed by atoms with van der Waals surface area (Å²) in [6, 6.07) is 28.0. The van der Waals surface area contributed by atoms with Crippen LogP contribution in [0.15, 0.2) is 97.2 Å². The average Bonchev–Trinajstić information content (AvgIpc) is 3.76. The second-order valence-electron chi connectivity index (χ2n) is 16.2. The Morgan fingerprint density at radius 3 is 2.45 bits per heavy atom. The van der Waals surface area contributed by atoms with Crippen molar-refractivity contribution in [1.29, 1.82) is 0 Å². The molecule has 2 fully saturated rings. The maximum Gasteiger partial charge on any atom is 0.264 e. The number of nitrogen functional groups attached to an aromatic ring is 1. The van der Waals surface area contributed by atoms with Crippen molar-refractivity contribution in [3.63, 3.8) is 0 Å². The summed E-state index contributed by atoms with van der Waals surface area (Å²) < 4.78 is 2.02. The molecule has 15 heteroatoms. The van der Waals surface area contributed by atoms with Crippen LogP contribution in [-0.4, -0.2) is 73.1 Å². The number of unbranched alkanes of at least 4 members (excludes halogenated alkanes) is 1. The van der Waals surface area contributed by atoms with Crippen LogP contribution >= 0.6 is 0 Å². The highest BCUT2D eigenvalue weighted by atomic mass is 16.2. The van der Waals surface area contributed by atoms with Crippen molar-refractivity contribution < 1.29 is 24.0 Å². The summed E-state index contributed by atoms with van der Waals surface area (Å²) >= 11 is 0. The van der Waals surface area contributed by atoms with E-state index < -0.39 is 29.7 Å². The SMILES string of the molecule is Nc1ncccc1-c1nc2ccc(-c3cccc(CCNC(=O)CCCCNc4cccc5c4C(=O)N(C4CCC(=O)NC4=O)C5=O)c3)nc2n1-c1ccc(C2(N)CCC2)cc1. The van der Waals surface area contributed by atoms with Crippen molar-refractivity contribution >= 4 is 52.2 Å². The number of piperidine rings is 1. The molecule has 3 aliphatic rings. The fourth-order valence-electron chi connectivity index (χ4n) is 8.56. The van der Waals surface area contributed by atoms with Gasteiger partial charge in [0.1, 0.15) is 17.4 Å². The predicted octanol–water partition coefficient (Wildman–Crippen LogP) is 5.41. The van der Waals surface area contributed by atoms with E-state index in [2.05, 4.69) is 51.3 Å². The van der Waals surface area contributed by atoms with Crippen molar-refractivity contribution in [2.45, 2.75) is 69.4 Å². The van der Waals surface area contributed by atoms with Gasteiger partial charge in [0.05, 0.1) is 22.4 Å². The topological polar surface area (TPSA) is 220 Å². The summed E-state index contributed by atoms with van der Waals surface area (Å²) in [4.78, 5) is 78.8. The van der Waals surface area contributed by atoms with Crippen molar-refractivity contribution in [3.8, 4) is 28.3 Å². The molecule has 3 aromatic carbocycles. The molecule has 0 bridgehead atoms. The monoisotopic (exact) mass is 830 g/mol. The number of aromatic nitrogens is 4. The van der Waals surface area contributed by atoms with Gasteiger partial charge in [0.15, 0.2) is 11.5 Å². The number of imidazole rings is 1. The lowest BCUT2D eigenvalue weighted by Crippen LogP contribution is -2.54. The molecule has 15 nitrogen and oxygen atoms in total. The van der Waals surface area contributed by atoms with Gasteiger partial charge in [-0.15, -0.1) is 0 Å². The van der Waals surface area contributed by atoms with Crippen LogP contribution in [0.1, 0.15) is 83.2 Å². The number of hydrogen-bond acceptors (Lipinski definition) is 11. The number of nitrogens with two attached hydrogens (primary N) is 2. The Kier molecular flexibility index (Phi) is 10.8. The van der Waals surface area contributed by atoms with Gasteiger partial charge >= 0.3 is 0 Å². The Morgan fingerprint density at radius 1 is 0.871 bits per heavy atom. The Bertz CT molecular complexity index is 2760. The van der Waals surface area contributed by atoms with E-state index in [9.17, 15) is 24.0 Å². The Balaban J connectivity index is 0.809. The zero-order valence-corrected chi connectivity index (χ0v) is 34.0. The number of hydrogen-bond donors (Lipinski definition) is 5. The van der Waals surface area contributed by atoms with Gasteiger partial charge in [-0.2, -0.15) is 0 Å². The third kappa shape index (κ3) is 7.66. The molecule has 314 valence electrons. The zero-order chi connectivity index (χ0) is 43.0. The number of amides is 5. The number of benzene rings is 3. The number of imide groups is 2. The van der Waals surface area contributed by atoms with Crippen LogP contribution < -0.4 is 27.4 Å². The largest absolute Gasteiger partial charge is 0.384 e. The van der Waals surface area contributed by atoms with Gasteiger partial charge in [-0.25, -0.2) is 15.0 Å². The highest BCUT2D eigenvalue weighted by molar-refractivity contribution is 6.25. The van der Waals surface area contributed by atoms with Crippen molar-refractivity contribution in [2.75, 3.05) is 24.1 Å². The summed E-state index contributed by atoms with van der Waals surface area (Å²) in [6.07, 6.45) is 7.09. The molecule has 1 aliphatic carbocycles. The maximum atomic E-state index is 13.4. The first-order valence-corrected chi connectivity index (χ1v) is 21.0. The Hall–Kier alpha value is -7.26. The molecule has 2 aliphatic heterocycles. The summed E-state index contributed by atoms with van der Waals surface area (Å²) in [5.41, 5.74) is 20.5. The molecule has 1 atom stereocenters. The summed E-state index contributed by atoms with van der Waals surface area (Å²) in [5, 5.41) is 8.47. The molecule has 0 spiro atoms. The van der Waals surface area contributed by atoms with E-state index in [0.717, 1.165) is 52.2 Å². The zero-order valence-electron chi connectivity index (χ0n) is 34.0. The quantitative estimate of drug-likeness (QED) is 0.0690. The minimum absolute atomic E-state index is 0.0543. The minimum atomic E-state index is -1.03. The normalized spacial score (nSPS) is 16.9. The van der Waals surface area contributed by atoms with Gasteiger partial charge in [0.25, 0.3) is 11.8 Å². The molecule has 0 radical (unpaired) electrons. The van der Waals surface area contributed by atoms with Crippen LogP contribution in [0.3, 0.4) is 0 Å². The maximum absolute atomic E-state index is 13.4. The third-order valence-electron chi connectivity index (χ3n) is 12.1. The first-order chi connectivity index (χ1) is 30.1. The van der Waals surface area contributed by atoms with Crippen LogP contribution in [0.5, 0.6) is 0 Å². The standard InChI is InChI=1S/C47H46N10O5/c48-41-33(10-5-25-52-41)42-54-36-18-17-34(53-43(36)56(42)31-15-13-30(14-16-31)47(49)22-6-23-47)29-8-3-7-28(27-29)21-26-51-38(58)12-1-2-24-50-35-11-4-9-32-40(35)46(62)57(45(32)61)37-19-20-39(59)55-44(37)60/h3-5,7-11,13-18,25,27,37,50H,1-2,6,12,19-24,26,49H2,(H2,48,52)(H,51,58)(H,55,59,60). The van der Waals surface area contributed by atoms with Gasteiger partial charge in [0.2, 0.25) is 17.7 Å². The van der Waals surface area contributed by atoms with Crippen LogP contribution in [0, 0.1) is 0 Å². The Morgan fingerprint density at radius 2 is 1.68 bits per heavy atom. The van der Waals surface area contributed by atoms with E-state index in [4.69, 9.17) is 21.4 Å². The predicted molar refractivity (Wildman–Crippen MR) is 234 cm³/mol. The fourth-order valence-corrected chi connectivity index (χ4v) is 8.56. The molecular formula is C47H46N10O5. The highest BCUT2D eigenvalue weighted by Gasteiger charge is 2.45. The van der Waals surface area contributed by atoms with E-state index in [1.807, 2.05) is 47.0 Å². The van der Waals surface area contributed by atoms with Gasteiger partial charge in [0, 0.05) is 54.6 Å². The summed E-state index contributed by atoms with van der Waals surface area (Å²) in [7, 11) is 0. The smallest absolute Gasteiger partial charge is 0.264 e. The van der Waals surface area contributed by atoms with Crippen molar-refractivity contribution in [3.05, 3.63) is 119 Å². The van der Waals surface area contributed by atoms with Crippen molar-refractivity contribution in [1.82, 2.24) is 35.1 Å². The number of nitrogens with one attached hydrogen (secondary N) is 3. The lowest BCUT2D eigenvalue weighted by atomic mass is 9.73. The Labute approximate surface area is 357 Å². The van der Waals surface area contributed by atoms with Crippen LogP contribution in [-0.2, 0) is 26.3 Å². The summed E-state index contributed by atoms with van der Waals surface area (Å²) in [6.45, 7) is 0.933. The average molecular weight is 831 g/mol. The van der Waals surface area contributed by atoms with Gasteiger partial charge < -0.3 is 22.1 Å². The van der Waals surface area contributed by atoms with Gasteiger partial charge in [-0.05, 0) is 111 Å². The second kappa shape index (κ2) is 16.7. The molecule has 9 rings (SSSR count). The van der Waals surface area contributed by atoms with Gasteiger partial charge in [-0.1, -0.05) is 36.4 Å². The number of rotatable bonds is 14. The summed E-state index contributed by atoms with van der Waals surface area (Å²) in [5.74, 6) is -1.23. The number of carbonyl (C=O) groups is 5. The first-order valence-electron chi connectivity index (χ1n) is 21.0. The van der Waals surface area contributed by atoms with Crippen molar-refractivity contribution in [2.24, 2.45) is 5.73 Å². The first kappa shape index (κ1) is 40.2. The van der Waals surface area contributed by atoms with E-state index in [-0.39, 0.29) is 35.4 Å². The van der Waals surface area contributed by atoms with E-state index in [1.54, 1.807) is 24.4 Å². The highest BCUT2D eigenvalue weighted by Crippen LogP contribution is 2.40. The molecule has 6 aromatic rings. The molecule has 1 saturated carbocycles. The molecular weight excluding hydrogens is 785 g/mol. The number of anilines is 2. The third-order valence-corrected chi connectivity index (χ3v) is 12.1. The van der Waals surface area contributed by atoms with Crippen LogP contribution in [0.2, 0.25) is 0 Å². The molecule has 1 unspecified atom stereocenters. The second-order valence-corrected chi connectivity index (χ2v) is 16.2. The molecule has 5 heterocycles. The fraction of sp³-hybridized carbons (Fsp3) is 0.277. The molecule has 3 aromatic heterocycles. The van der Waals surface area contributed by atoms with Gasteiger partial charge in [-0.3, -0.25) is 38.8 Å². The van der Waals surface area contributed by atoms with E-state index in [1.165, 1.54) is 0 Å². The lowest BCUT2D eigenvalue weighted by molar-refractivity contribution is -0.136. The van der Waals surface area contributed by atoms with E-state index in [0.29, 0.717) is 72.8 Å². The minimum Gasteiger partial charge on any atom is -0.384 e. The number of pyridine rings is 2. The molecule has 62 heavy (non-hydrogen) atoms. The number of fused-ring (bicyclic) bond motifs is 2. The molecule has 5 amide bonds.